The van der Waals surface area contributed by atoms with Crippen molar-refractivity contribution < 1.29 is 4.74 Å². The summed E-state index contributed by atoms with van der Waals surface area (Å²) in [5.41, 5.74) is 2.75. The molecule has 0 unspecified atom stereocenters. The van der Waals surface area contributed by atoms with E-state index in [1.807, 2.05) is 55.5 Å². The number of rotatable bonds is 8. The minimum absolute atomic E-state index is 0.549. The molecule has 4 rings (SSSR count). The number of aromatic nitrogens is 5. The van der Waals surface area contributed by atoms with Crippen LogP contribution < -0.4 is 5.32 Å². The van der Waals surface area contributed by atoms with Gasteiger partial charge in [-0.15, -0.1) is 5.10 Å². The van der Waals surface area contributed by atoms with Crippen molar-refractivity contribution in [2.75, 3.05) is 25.1 Å². The molecule has 1 N–H and O–H groups in total. The van der Waals surface area contributed by atoms with Gasteiger partial charge in [0.2, 0.25) is 0 Å². The topological polar surface area (TPSA) is 77.2 Å². The van der Waals surface area contributed by atoms with Crippen LogP contribution in [0.4, 0.5) is 5.82 Å². The molecule has 0 saturated carbocycles. The third kappa shape index (κ3) is 3.99. The average Bonchev–Trinajstić information content (AvgIpc) is 3.19. The molecule has 3 heterocycles. The second-order valence-electron chi connectivity index (χ2n) is 6.26. The summed E-state index contributed by atoms with van der Waals surface area (Å²) in [5, 5.41) is 8.09. The molecule has 0 amide bonds. The van der Waals surface area contributed by atoms with Crippen LogP contribution >= 0.6 is 0 Å². The van der Waals surface area contributed by atoms with Crippen LogP contribution in [0, 0.1) is 0 Å². The minimum atomic E-state index is 0.549. The van der Waals surface area contributed by atoms with E-state index in [2.05, 4.69) is 20.4 Å². The molecule has 0 saturated heterocycles. The van der Waals surface area contributed by atoms with Crippen LogP contribution in [0.15, 0.2) is 60.9 Å². The highest BCUT2D eigenvalue weighted by Crippen LogP contribution is 2.23. The summed E-state index contributed by atoms with van der Waals surface area (Å²) in [6.07, 6.45) is 4.39. The third-order valence-corrected chi connectivity index (χ3v) is 4.28. The minimum Gasteiger partial charge on any atom is -0.382 e. The molecule has 0 atom stereocenters. The summed E-state index contributed by atoms with van der Waals surface area (Å²) in [6, 6.07) is 15.9. The summed E-state index contributed by atoms with van der Waals surface area (Å²) >= 11 is 0. The van der Waals surface area contributed by atoms with Crippen molar-refractivity contribution in [2.45, 2.75) is 13.3 Å². The first-order valence-corrected chi connectivity index (χ1v) is 9.40. The van der Waals surface area contributed by atoms with Crippen LogP contribution in [0.25, 0.3) is 28.4 Å². The Bertz CT molecular complexity index is 1030. The number of ether oxygens (including phenoxy) is 1. The van der Waals surface area contributed by atoms with Gasteiger partial charge >= 0.3 is 0 Å². The average molecular weight is 374 g/mol. The zero-order valence-electron chi connectivity index (χ0n) is 15.7. The van der Waals surface area contributed by atoms with Gasteiger partial charge in [-0.25, -0.2) is 4.98 Å². The zero-order chi connectivity index (χ0) is 19.2. The number of hydrogen-bond acceptors (Lipinski definition) is 6. The molecule has 0 aliphatic carbocycles. The normalized spacial score (nSPS) is 11.0. The zero-order valence-corrected chi connectivity index (χ0v) is 15.7. The summed E-state index contributed by atoms with van der Waals surface area (Å²) in [4.78, 5) is 13.5. The molecule has 4 aromatic rings. The van der Waals surface area contributed by atoms with Crippen LogP contribution in [0.5, 0.6) is 0 Å². The van der Waals surface area contributed by atoms with Crippen molar-refractivity contribution in [3.8, 4) is 22.6 Å². The van der Waals surface area contributed by atoms with E-state index in [1.165, 1.54) is 0 Å². The fraction of sp³-hybridized carbons (Fsp3) is 0.238. The Morgan fingerprint density at radius 1 is 1.04 bits per heavy atom. The fourth-order valence-corrected chi connectivity index (χ4v) is 2.90. The number of anilines is 1. The van der Waals surface area contributed by atoms with Crippen LogP contribution in [0.3, 0.4) is 0 Å². The molecule has 1 aromatic carbocycles. The third-order valence-electron chi connectivity index (χ3n) is 4.28. The van der Waals surface area contributed by atoms with E-state index in [1.54, 1.807) is 16.9 Å². The van der Waals surface area contributed by atoms with Gasteiger partial charge in [-0.3, -0.25) is 4.98 Å². The van der Waals surface area contributed by atoms with Crippen LogP contribution in [-0.2, 0) is 4.74 Å². The molecule has 7 nitrogen and oxygen atoms in total. The molecule has 0 aliphatic heterocycles. The highest BCUT2D eigenvalue weighted by molar-refractivity contribution is 5.66. The summed E-state index contributed by atoms with van der Waals surface area (Å²) in [5.74, 6) is 2.00. The molecular weight excluding hydrogens is 352 g/mol. The lowest BCUT2D eigenvalue weighted by Crippen LogP contribution is -2.10. The number of benzene rings is 1. The Kier molecular flexibility index (Phi) is 5.53. The van der Waals surface area contributed by atoms with Crippen LogP contribution in [0.2, 0.25) is 0 Å². The van der Waals surface area contributed by atoms with Gasteiger partial charge in [0.15, 0.2) is 5.82 Å². The van der Waals surface area contributed by atoms with Gasteiger partial charge in [0, 0.05) is 49.3 Å². The molecule has 0 spiro atoms. The standard InChI is InChI=1S/C21H22N6O/c1-2-28-13-7-12-23-19-14-18(16-8-4-3-5-9-16)24-21-25-20(26-27(19)21)17-10-6-11-22-15-17/h3-6,8-11,14-15,23H,2,7,12-13H2,1H3. The lowest BCUT2D eigenvalue weighted by Gasteiger charge is -2.10. The van der Waals surface area contributed by atoms with Gasteiger partial charge in [0.1, 0.15) is 5.82 Å². The number of fused-ring (bicyclic) bond motifs is 1. The maximum Gasteiger partial charge on any atom is 0.255 e. The Morgan fingerprint density at radius 2 is 1.89 bits per heavy atom. The lowest BCUT2D eigenvalue weighted by molar-refractivity contribution is 0.147. The van der Waals surface area contributed by atoms with Crippen molar-refractivity contribution in [1.29, 1.82) is 0 Å². The van der Waals surface area contributed by atoms with E-state index in [9.17, 15) is 0 Å². The quantitative estimate of drug-likeness (QED) is 0.474. The molecule has 7 heteroatoms. The molecule has 0 bridgehead atoms. The summed E-state index contributed by atoms with van der Waals surface area (Å²) in [7, 11) is 0. The van der Waals surface area contributed by atoms with Crippen molar-refractivity contribution in [3.05, 3.63) is 60.9 Å². The lowest BCUT2D eigenvalue weighted by atomic mass is 10.1. The fourth-order valence-electron chi connectivity index (χ4n) is 2.90. The van der Waals surface area contributed by atoms with Gasteiger partial charge < -0.3 is 10.1 Å². The van der Waals surface area contributed by atoms with Crippen molar-refractivity contribution in [1.82, 2.24) is 24.6 Å². The van der Waals surface area contributed by atoms with Gasteiger partial charge in [-0.2, -0.15) is 9.50 Å². The second-order valence-corrected chi connectivity index (χ2v) is 6.26. The molecule has 3 aromatic heterocycles. The Labute approximate surface area is 163 Å². The van der Waals surface area contributed by atoms with E-state index in [-0.39, 0.29) is 0 Å². The predicted octanol–water partition coefficient (Wildman–Crippen LogP) is 3.69. The number of pyridine rings is 1. The maximum atomic E-state index is 5.42. The second kappa shape index (κ2) is 8.58. The molecule has 142 valence electrons. The van der Waals surface area contributed by atoms with E-state index in [0.29, 0.717) is 11.6 Å². The molecule has 0 radical (unpaired) electrons. The van der Waals surface area contributed by atoms with E-state index in [4.69, 9.17) is 9.72 Å². The SMILES string of the molecule is CCOCCCNc1cc(-c2ccccc2)nc2nc(-c3cccnc3)nn12. The molecule has 0 aliphatic rings. The molecular formula is C21H22N6O. The predicted molar refractivity (Wildman–Crippen MR) is 109 cm³/mol. The highest BCUT2D eigenvalue weighted by Gasteiger charge is 2.13. The highest BCUT2D eigenvalue weighted by atomic mass is 16.5. The number of nitrogens with one attached hydrogen (secondary N) is 1. The maximum absolute atomic E-state index is 5.42. The van der Waals surface area contributed by atoms with E-state index in [0.717, 1.165) is 48.8 Å². The van der Waals surface area contributed by atoms with Crippen molar-refractivity contribution >= 4 is 11.6 Å². The largest absolute Gasteiger partial charge is 0.382 e. The monoisotopic (exact) mass is 374 g/mol. The molecule has 0 fully saturated rings. The number of nitrogens with zero attached hydrogens (tertiary/aromatic N) is 5. The summed E-state index contributed by atoms with van der Waals surface area (Å²) in [6.45, 7) is 4.23. The van der Waals surface area contributed by atoms with Gasteiger partial charge in [0.25, 0.3) is 5.78 Å². The van der Waals surface area contributed by atoms with Gasteiger partial charge in [0.05, 0.1) is 5.69 Å². The van der Waals surface area contributed by atoms with Gasteiger partial charge in [-0.1, -0.05) is 30.3 Å². The first-order valence-electron chi connectivity index (χ1n) is 9.40. The smallest absolute Gasteiger partial charge is 0.255 e. The van der Waals surface area contributed by atoms with Crippen molar-refractivity contribution in [3.63, 3.8) is 0 Å². The van der Waals surface area contributed by atoms with Crippen LogP contribution in [0.1, 0.15) is 13.3 Å². The van der Waals surface area contributed by atoms with Crippen LogP contribution in [-0.4, -0.2) is 44.3 Å². The van der Waals surface area contributed by atoms with Crippen molar-refractivity contribution in [2.24, 2.45) is 0 Å². The number of hydrogen-bond donors (Lipinski definition) is 1. The van der Waals surface area contributed by atoms with E-state index >= 15 is 0 Å². The first kappa shape index (κ1) is 18.1. The van der Waals surface area contributed by atoms with E-state index < -0.39 is 0 Å². The first-order chi connectivity index (χ1) is 13.8. The Balaban J connectivity index is 1.71. The van der Waals surface area contributed by atoms with Gasteiger partial charge in [-0.05, 0) is 25.5 Å². The Hall–Kier alpha value is -3.32. The summed E-state index contributed by atoms with van der Waals surface area (Å²) < 4.78 is 7.17. The Morgan fingerprint density at radius 3 is 2.68 bits per heavy atom. The molecule has 28 heavy (non-hydrogen) atoms.